The molecule has 0 heterocycles. The minimum atomic E-state index is -4.99. The summed E-state index contributed by atoms with van der Waals surface area (Å²) in [5.41, 5.74) is 0. The number of unbranched alkanes of at least 4 members (excludes halogenated alkanes) is 21. The maximum Gasteiger partial charge on any atom is 0.472 e. The largest absolute Gasteiger partial charge is 0.472 e. The average molecular weight is 1360 g/mol. The first-order valence-corrected chi connectivity index (χ1v) is 38.8. The molecule has 3 N–H and O–H groups in total. The van der Waals surface area contributed by atoms with E-state index in [4.69, 9.17) is 37.0 Å². The number of aliphatic hydroxyl groups is 1. The van der Waals surface area contributed by atoms with Crippen LogP contribution in [0.2, 0.25) is 0 Å². The van der Waals surface area contributed by atoms with Gasteiger partial charge in [-0.15, -0.1) is 0 Å². The SMILES string of the molecule is CC/C=C\C/C=C\C/C=C\C/C=C\C/C=C\CC(=O)OCC(COP(=O)(O)OCC(O)COP(=O)(O)OCC(COC(=O)CCCC/C=C\C/C=C\C/C=C\C/C=C\CC)OC(=O)CCCCCCCCCCCCC)OC(=O)CCCCCCC/C=C\CCCCCC. The second-order valence-electron chi connectivity index (χ2n) is 23.4. The number of phosphoric acid groups is 2. The Morgan fingerprint density at radius 2 is 0.596 bits per heavy atom. The highest BCUT2D eigenvalue weighted by Crippen LogP contribution is 2.45. The molecule has 0 fully saturated rings. The van der Waals surface area contributed by atoms with E-state index >= 15 is 0 Å². The number of phosphoric ester groups is 2. The van der Waals surface area contributed by atoms with Gasteiger partial charge in [0.15, 0.2) is 12.2 Å². The van der Waals surface area contributed by atoms with E-state index in [2.05, 4.69) is 125 Å². The van der Waals surface area contributed by atoms with Crippen molar-refractivity contribution in [3.63, 3.8) is 0 Å². The molecule has 0 aromatic carbocycles. The number of hydrogen-bond acceptors (Lipinski definition) is 15. The van der Waals surface area contributed by atoms with Crippen LogP contribution in [0.1, 0.15) is 272 Å². The molecule has 19 heteroatoms. The first-order valence-electron chi connectivity index (χ1n) is 35.8. The number of rotatable bonds is 66. The van der Waals surface area contributed by atoms with E-state index in [0.29, 0.717) is 25.7 Å². The number of allylic oxidation sites excluding steroid dienone is 19. The number of carbonyl (C=O) groups excluding carboxylic acids is 4. The van der Waals surface area contributed by atoms with E-state index < -0.39 is 97.5 Å². The van der Waals surface area contributed by atoms with Gasteiger partial charge in [-0.25, -0.2) is 9.13 Å². The molecule has 0 aliphatic rings. The van der Waals surface area contributed by atoms with Crippen molar-refractivity contribution < 1.29 is 80.2 Å². The number of carbonyl (C=O) groups is 4. The van der Waals surface area contributed by atoms with Crippen LogP contribution in [-0.2, 0) is 65.4 Å². The number of hydrogen-bond donors (Lipinski definition) is 3. The van der Waals surface area contributed by atoms with Crippen molar-refractivity contribution in [1.29, 1.82) is 0 Å². The second kappa shape index (κ2) is 67.0. The average Bonchev–Trinajstić information content (AvgIpc) is 1.55. The molecular formula is C75H126O17P2. The van der Waals surface area contributed by atoms with Crippen LogP contribution < -0.4 is 0 Å². The molecule has 5 unspecified atom stereocenters. The Hall–Kier alpha value is -4.54. The summed E-state index contributed by atoms with van der Waals surface area (Å²) in [6, 6.07) is 0. The van der Waals surface area contributed by atoms with E-state index in [1.54, 1.807) is 6.08 Å². The van der Waals surface area contributed by atoms with Crippen LogP contribution in [0.3, 0.4) is 0 Å². The van der Waals surface area contributed by atoms with E-state index in [1.807, 2.05) is 18.2 Å². The third kappa shape index (κ3) is 66.1. The molecule has 94 heavy (non-hydrogen) atoms. The molecule has 0 aliphatic carbocycles. The van der Waals surface area contributed by atoms with Crippen molar-refractivity contribution in [2.24, 2.45) is 0 Å². The van der Waals surface area contributed by atoms with Gasteiger partial charge < -0.3 is 33.8 Å². The van der Waals surface area contributed by atoms with E-state index in [9.17, 15) is 43.2 Å². The Balaban J connectivity index is 5.43. The van der Waals surface area contributed by atoms with Gasteiger partial charge in [0, 0.05) is 19.3 Å². The van der Waals surface area contributed by atoms with Gasteiger partial charge in [-0.1, -0.05) is 252 Å². The molecule has 0 amide bonds. The van der Waals surface area contributed by atoms with Crippen LogP contribution >= 0.6 is 15.6 Å². The van der Waals surface area contributed by atoms with Crippen molar-refractivity contribution in [2.45, 2.75) is 290 Å². The fourth-order valence-corrected chi connectivity index (χ4v) is 10.6. The quantitative estimate of drug-likeness (QED) is 0.0169. The van der Waals surface area contributed by atoms with Crippen LogP contribution in [0.25, 0.3) is 0 Å². The molecule has 0 radical (unpaired) electrons. The molecule has 17 nitrogen and oxygen atoms in total. The third-order valence-electron chi connectivity index (χ3n) is 14.5. The lowest BCUT2D eigenvalue weighted by Crippen LogP contribution is -2.30. The molecular weight excluding hydrogens is 1230 g/mol. The highest BCUT2D eigenvalue weighted by atomic mass is 31.2. The van der Waals surface area contributed by atoms with Crippen molar-refractivity contribution in [3.8, 4) is 0 Å². The van der Waals surface area contributed by atoms with Crippen molar-refractivity contribution in [3.05, 3.63) is 122 Å². The molecule has 0 aliphatic heterocycles. The van der Waals surface area contributed by atoms with Crippen LogP contribution in [0.5, 0.6) is 0 Å². The number of esters is 4. The normalized spacial score (nSPS) is 14.8. The molecule has 0 aromatic heterocycles. The first kappa shape index (κ1) is 89.5. The van der Waals surface area contributed by atoms with Gasteiger partial charge in [-0.2, -0.15) is 0 Å². The topological polar surface area (TPSA) is 237 Å². The van der Waals surface area contributed by atoms with Crippen molar-refractivity contribution >= 4 is 39.5 Å². The first-order chi connectivity index (χ1) is 45.7. The highest BCUT2D eigenvalue weighted by Gasteiger charge is 2.30. The lowest BCUT2D eigenvalue weighted by atomic mass is 10.1. The second-order valence-corrected chi connectivity index (χ2v) is 26.3. The maximum absolute atomic E-state index is 13.0. The third-order valence-corrected chi connectivity index (χ3v) is 16.4. The summed E-state index contributed by atoms with van der Waals surface area (Å²) in [6.45, 7) is 4.42. The molecule has 0 bridgehead atoms. The minimum Gasteiger partial charge on any atom is -0.462 e. The van der Waals surface area contributed by atoms with Gasteiger partial charge in [-0.3, -0.25) is 37.3 Å². The van der Waals surface area contributed by atoms with Gasteiger partial charge in [0.05, 0.1) is 32.8 Å². The molecule has 0 saturated carbocycles. The molecule has 5 atom stereocenters. The zero-order valence-electron chi connectivity index (χ0n) is 58.3. The summed E-state index contributed by atoms with van der Waals surface area (Å²) in [5, 5.41) is 10.6. The van der Waals surface area contributed by atoms with Crippen LogP contribution in [0.15, 0.2) is 122 Å². The highest BCUT2D eigenvalue weighted by molar-refractivity contribution is 7.47. The number of aliphatic hydroxyl groups excluding tert-OH is 1. The lowest BCUT2D eigenvalue weighted by molar-refractivity contribution is -0.161. The van der Waals surface area contributed by atoms with Crippen LogP contribution in [0, 0.1) is 0 Å². The van der Waals surface area contributed by atoms with Crippen molar-refractivity contribution in [1.82, 2.24) is 0 Å². The van der Waals surface area contributed by atoms with Gasteiger partial charge in [0.25, 0.3) is 0 Å². The van der Waals surface area contributed by atoms with Gasteiger partial charge in [0.2, 0.25) is 0 Å². The van der Waals surface area contributed by atoms with Gasteiger partial charge in [-0.05, 0) is 116 Å². The van der Waals surface area contributed by atoms with Crippen molar-refractivity contribution in [2.75, 3.05) is 39.6 Å². The summed E-state index contributed by atoms with van der Waals surface area (Å²) < 4.78 is 68.1. The Kier molecular flexibility index (Phi) is 63.8. The Morgan fingerprint density at radius 3 is 0.989 bits per heavy atom. The van der Waals surface area contributed by atoms with Crippen LogP contribution in [0.4, 0.5) is 0 Å². The fourth-order valence-electron chi connectivity index (χ4n) is 9.04. The molecule has 0 spiro atoms. The van der Waals surface area contributed by atoms with Gasteiger partial charge in [0.1, 0.15) is 19.3 Å². The molecule has 538 valence electrons. The molecule has 0 rings (SSSR count). The predicted molar refractivity (Wildman–Crippen MR) is 381 cm³/mol. The Morgan fingerprint density at radius 1 is 0.319 bits per heavy atom. The monoisotopic (exact) mass is 1360 g/mol. The van der Waals surface area contributed by atoms with E-state index in [1.165, 1.54) is 64.2 Å². The van der Waals surface area contributed by atoms with Crippen LogP contribution in [-0.4, -0.2) is 96.7 Å². The van der Waals surface area contributed by atoms with E-state index in [-0.39, 0.29) is 25.7 Å². The van der Waals surface area contributed by atoms with E-state index in [0.717, 1.165) is 128 Å². The standard InChI is InChI=1S/C75H126O17P2/c1-5-9-13-17-21-25-29-32-34-37-40-43-47-51-55-59-72(77)85-65-70(91-74(79)61-57-53-49-45-39-28-24-20-16-12-8-4)67-89-93(81,82)87-63-69(76)64-88-94(83,84)90-68-71(92-75(80)62-58-54-50-46-42-36-31-27-23-19-15-11-7-3)66-86-73(78)60-56-52-48-44-41-38-35-33-30-26-22-18-14-10-6-2/h9-10,13-14,21-22,25-27,31-35,40-41,43-44,52,56,69-71,76H,5-8,11-12,15-20,23-24,28-30,36-39,42,45-51,53-55,57-68H2,1-4H3,(H,81,82)(H,83,84)/b13-9-,14-10-,25-21-,26-22-,31-27-,34-32-,35-33-,43-40-,44-41-,56-52-. The summed E-state index contributed by atoms with van der Waals surface area (Å²) >= 11 is 0. The predicted octanol–water partition coefficient (Wildman–Crippen LogP) is 20.0. The summed E-state index contributed by atoms with van der Waals surface area (Å²) in [4.78, 5) is 72.5. The summed E-state index contributed by atoms with van der Waals surface area (Å²) in [5.74, 6) is -2.38. The molecule has 0 saturated heterocycles. The maximum atomic E-state index is 13.0. The molecule has 0 aromatic rings. The smallest absolute Gasteiger partial charge is 0.462 e. The summed E-state index contributed by atoms with van der Waals surface area (Å²) in [6.07, 6.45) is 71.0. The minimum absolute atomic E-state index is 0.0629. The fraction of sp³-hybridized carbons (Fsp3) is 0.680. The lowest BCUT2D eigenvalue weighted by Gasteiger charge is -2.21. The zero-order chi connectivity index (χ0) is 69.0. The zero-order valence-corrected chi connectivity index (χ0v) is 60.1. The number of ether oxygens (including phenoxy) is 4. The summed E-state index contributed by atoms with van der Waals surface area (Å²) in [7, 11) is -9.98. The van der Waals surface area contributed by atoms with Gasteiger partial charge >= 0.3 is 39.5 Å². The Labute approximate surface area is 568 Å². The Bertz CT molecular complexity index is 2270.